The van der Waals surface area contributed by atoms with Crippen LogP contribution in [0.15, 0.2) is 59.1 Å². The second-order valence-corrected chi connectivity index (χ2v) is 6.05. The van der Waals surface area contributed by atoms with E-state index < -0.39 is 6.09 Å². The normalized spacial score (nSPS) is 12.0. The van der Waals surface area contributed by atoms with Crippen LogP contribution in [0.3, 0.4) is 0 Å². The number of aromatic nitrogens is 1. The van der Waals surface area contributed by atoms with E-state index in [1.54, 1.807) is 6.92 Å². The zero-order valence-corrected chi connectivity index (χ0v) is 14.4. The van der Waals surface area contributed by atoms with Gasteiger partial charge in [-0.05, 0) is 26.3 Å². The molecule has 1 amide bonds. The van der Waals surface area contributed by atoms with Crippen molar-refractivity contribution in [1.82, 2.24) is 5.16 Å². The second-order valence-electron chi connectivity index (χ2n) is 6.05. The van der Waals surface area contributed by atoms with Crippen LogP contribution in [0.5, 0.6) is 0 Å². The van der Waals surface area contributed by atoms with E-state index in [1.165, 1.54) is 4.90 Å². The molecule has 1 unspecified atom stereocenters. The van der Waals surface area contributed by atoms with Gasteiger partial charge in [-0.3, -0.25) is 4.90 Å². The Morgan fingerprint density at radius 1 is 1.08 bits per heavy atom. The summed E-state index contributed by atoms with van der Waals surface area (Å²) in [6, 6.07) is 16.9. The van der Waals surface area contributed by atoms with Gasteiger partial charge in [-0.1, -0.05) is 65.3 Å². The van der Waals surface area contributed by atoms with Gasteiger partial charge in [-0.15, -0.1) is 0 Å². The molecule has 128 valence electrons. The third kappa shape index (κ3) is 3.26. The number of rotatable bonds is 4. The summed E-state index contributed by atoms with van der Waals surface area (Å²) in [5, 5.41) is 13.9. The minimum atomic E-state index is -1.05. The molecule has 0 saturated carbocycles. The number of carboxylic acid groups (broad SMARTS) is 1. The summed E-state index contributed by atoms with van der Waals surface area (Å²) in [7, 11) is 0. The first kappa shape index (κ1) is 16.8. The van der Waals surface area contributed by atoms with Gasteiger partial charge in [0.15, 0.2) is 5.76 Å². The molecule has 0 aliphatic rings. The Bertz CT molecular complexity index is 870. The zero-order chi connectivity index (χ0) is 18.0. The Kier molecular flexibility index (Phi) is 4.57. The van der Waals surface area contributed by atoms with Crippen molar-refractivity contribution in [3.05, 3.63) is 71.4 Å². The third-order valence-corrected chi connectivity index (χ3v) is 4.26. The average molecular weight is 336 g/mol. The van der Waals surface area contributed by atoms with E-state index in [-0.39, 0.29) is 6.04 Å². The van der Waals surface area contributed by atoms with Crippen LogP contribution in [0.1, 0.15) is 29.8 Å². The van der Waals surface area contributed by atoms with Gasteiger partial charge >= 0.3 is 6.09 Å². The van der Waals surface area contributed by atoms with Gasteiger partial charge in [0.05, 0.1) is 6.04 Å². The summed E-state index contributed by atoms with van der Waals surface area (Å²) >= 11 is 0. The SMILES string of the molecule is Cc1ccc(-c2onc(C)c2N(C(=O)O)C(C)c2ccccc2)cc1. The number of hydrogen-bond acceptors (Lipinski definition) is 3. The highest BCUT2D eigenvalue weighted by molar-refractivity contribution is 5.92. The van der Waals surface area contributed by atoms with Crippen LogP contribution in [0.4, 0.5) is 10.5 Å². The fourth-order valence-corrected chi connectivity index (χ4v) is 2.88. The maximum absolute atomic E-state index is 12.1. The largest absolute Gasteiger partial charge is 0.465 e. The molecule has 5 nitrogen and oxygen atoms in total. The van der Waals surface area contributed by atoms with Crippen LogP contribution in [0.25, 0.3) is 11.3 Å². The van der Waals surface area contributed by atoms with Crippen molar-refractivity contribution in [2.45, 2.75) is 26.8 Å². The van der Waals surface area contributed by atoms with Crippen molar-refractivity contribution in [2.75, 3.05) is 4.90 Å². The maximum Gasteiger partial charge on any atom is 0.412 e. The number of hydrogen-bond donors (Lipinski definition) is 1. The molecule has 0 fully saturated rings. The number of benzene rings is 2. The molecule has 0 spiro atoms. The molecule has 0 aliphatic carbocycles. The van der Waals surface area contributed by atoms with E-state index in [0.717, 1.165) is 16.7 Å². The number of aryl methyl sites for hydroxylation is 2. The molecule has 1 N–H and O–H groups in total. The minimum absolute atomic E-state index is 0.374. The fraction of sp³-hybridized carbons (Fsp3) is 0.200. The van der Waals surface area contributed by atoms with Crippen molar-refractivity contribution in [3.8, 4) is 11.3 Å². The Labute approximate surface area is 146 Å². The van der Waals surface area contributed by atoms with E-state index in [9.17, 15) is 9.90 Å². The predicted octanol–water partition coefficient (Wildman–Crippen LogP) is 5.20. The van der Waals surface area contributed by atoms with Gasteiger partial charge in [-0.25, -0.2) is 4.79 Å². The second kappa shape index (κ2) is 6.81. The van der Waals surface area contributed by atoms with Crippen molar-refractivity contribution in [1.29, 1.82) is 0 Å². The Morgan fingerprint density at radius 3 is 2.32 bits per heavy atom. The summed E-state index contributed by atoms with van der Waals surface area (Å²) in [6.45, 7) is 5.61. The standard InChI is InChI=1S/C20H20N2O3/c1-13-9-11-17(12-10-13)19-18(14(2)21-25-19)22(20(23)24)15(3)16-7-5-4-6-8-16/h4-12,15H,1-3H3,(H,23,24). The smallest absolute Gasteiger partial charge is 0.412 e. The van der Waals surface area contributed by atoms with Crippen LogP contribution in [0, 0.1) is 13.8 Å². The predicted molar refractivity (Wildman–Crippen MR) is 96.8 cm³/mol. The Balaban J connectivity index is 2.10. The van der Waals surface area contributed by atoms with Crippen molar-refractivity contribution in [2.24, 2.45) is 0 Å². The minimum Gasteiger partial charge on any atom is -0.465 e. The van der Waals surface area contributed by atoms with E-state index in [0.29, 0.717) is 17.1 Å². The van der Waals surface area contributed by atoms with Crippen molar-refractivity contribution >= 4 is 11.8 Å². The quantitative estimate of drug-likeness (QED) is 0.710. The molecule has 0 aliphatic heterocycles. The number of anilines is 1. The van der Waals surface area contributed by atoms with Crippen LogP contribution in [0.2, 0.25) is 0 Å². The molecule has 3 aromatic rings. The van der Waals surface area contributed by atoms with Gasteiger partial charge in [0.2, 0.25) is 0 Å². The van der Waals surface area contributed by atoms with Crippen LogP contribution < -0.4 is 4.90 Å². The summed E-state index contributed by atoms with van der Waals surface area (Å²) in [5.74, 6) is 0.461. The zero-order valence-electron chi connectivity index (χ0n) is 14.4. The number of amides is 1. The Hall–Kier alpha value is -3.08. The number of carbonyl (C=O) groups is 1. The first-order valence-corrected chi connectivity index (χ1v) is 8.09. The molecule has 0 radical (unpaired) electrons. The number of nitrogens with zero attached hydrogens (tertiary/aromatic N) is 2. The van der Waals surface area contributed by atoms with E-state index in [2.05, 4.69) is 5.16 Å². The van der Waals surface area contributed by atoms with Crippen molar-refractivity contribution in [3.63, 3.8) is 0 Å². The van der Waals surface area contributed by atoms with Gasteiger partial charge in [0.1, 0.15) is 11.4 Å². The molecule has 2 aromatic carbocycles. The molecular weight excluding hydrogens is 316 g/mol. The van der Waals surface area contributed by atoms with Crippen LogP contribution >= 0.6 is 0 Å². The highest BCUT2D eigenvalue weighted by Crippen LogP contribution is 2.38. The summed E-state index contributed by atoms with van der Waals surface area (Å²) in [4.78, 5) is 13.4. The lowest BCUT2D eigenvalue weighted by Crippen LogP contribution is -2.32. The third-order valence-electron chi connectivity index (χ3n) is 4.26. The molecule has 0 bridgehead atoms. The molecule has 0 saturated heterocycles. The first-order chi connectivity index (χ1) is 12.0. The van der Waals surface area contributed by atoms with Crippen LogP contribution in [-0.2, 0) is 0 Å². The fourth-order valence-electron chi connectivity index (χ4n) is 2.88. The summed E-state index contributed by atoms with van der Waals surface area (Å²) < 4.78 is 5.48. The van der Waals surface area contributed by atoms with E-state index in [4.69, 9.17) is 4.52 Å². The van der Waals surface area contributed by atoms with Crippen LogP contribution in [-0.4, -0.2) is 16.4 Å². The molecule has 5 heteroatoms. The first-order valence-electron chi connectivity index (χ1n) is 8.09. The average Bonchev–Trinajstić information content (AvgIpc) is 2.98. The lowest BCUT2D eigenvalue weighted by Gasteiger charge is -2.26. The lowest BCUT2D eigenvalue weighted by molar-refractivity contribution is 0.199. The molecule has 3 rings (SSSR count). The van der Waals surface area contributed by atoms with E-state index in [1.807, 2.05) is 68.4 Å². The Morgan fingerprint density at radius 2 is 1.72 bits per heavy atom. The van der Waals surface area contributed by atoms with Gasteiger partial charge in [-0.2, -0.15) is 0 Å². The van der Waals surface area contributed by atoms with Crippen molar-refractivity contribution < 1.29 is 14.4 Å². The van der Waals surface area contributed by atoms with Gasteiger partial charge < -0.3 is 9.63 Å². The lowest BCUT2D eigenvalue weighted by atomic mass is 10.0. The molecule has 25 heavy (non-hydrogen) atoms. The highest BCUT2D eigenvalue weighted by Gasteiger charge is 2.30. The molecule has 1 atom stereocenters. The molecular formula is C20H20N2O3. The molecule has 1 aromatic heterocycles. The topological polar surface area (TPSA) is 66.6 Å². The summed E-state index contributed by atoms with van der Waals surface area (Å²) in [6.07, 6.45) is -1.05. The maximum atomic E-state index is 12.1. The van der Waals surface area contributed by atoms with E-state index >= 15 is 0 Å². The summed E-state index contributed by atoms with van der Waals surface area (Å²) in [5.41, 5.74) is 3.84. The highest BCUT2D eigenvalue weighted by atomic mass is 16.5. The monoisotopic (exact) mass is 336 g/mol. The molecule has 1 heterocycles. The van der Waals surface area contributed by atoms with Gasteiger partial charge in [0, 0.05) is 5.56 Å². The van der Waals surface area contributed by atoms with Gasteiger partial charge in [0.25, 0.3) is 0 Å².